The number of carbonyl (C=O) groups excluding carboxylic acids is 1. The number of aromatic nitrogens is 1. The Morgan fingerprint density at radius 2 is 1.73 bits per heavy atom. The second-order valence-electron chi connectivity index (χ2n) is 4.57. The number of carbonyl (C=O) groups is 1. The summed E-state index contributed by atoms with van der Waals surface area (Å²) in [5, 5.41) is 0. The standard InChI is InChI=1S/C16H13NO3S.H2O/c18-15(10-12-6-2-1-3-7-12)20-11-17-13-8-4-5-9-14(13)21-16(17)19;/h1-9H,10-11H2;1H2. The maximum Gasteiger partial charge on any atom is 0.311 e. The highest BCUT2D eigenvalue weighted by atomic mass is 32.1. The van der Waals surface area contributed by atoms with E-state index in [4.69, 9.17) is 4.74 Å². The van der Waals surface area contributed by atoms with E-state index >= 15 is 0 Å². The van der Waals surface area contributed by atoms with Gasteiger partial charge in [0.05, 0.1) is 16.6 Å². The first kappa shape index (κ1) is 15.9. The third kappa shape index (κ3) is 3.41. The average molecular weight is 317 g/mol. The number of nitrogens with zero attached hydrogens (tertiary/aromatic N) is 1. The zero-order chi connectivity index (χ0) is 14.7. The summed E-state index contributed by atoms with van der Waals surface area (Å²) in [5.74, 6) is -0.344. The molecule has 0 aliphatic rings. The van der Waals surface area contributed by atoms with Crippen LogP contribution in [0.15, 0.2) is 59.4 Å². The van der Waals surface area contributed by atoms with Crippen LogP contribution < -0.4 is 4.87 Å². The van der Waals surface area contributed by atoms with E-state index in [2.05, 4.69) is 0 Å². The minimum absolute atomic E-state index is 0. The molecular weight excluding hydrogens is 302 g/mol. The molecule has 2 aromatic carbocycles. The molecule has 0 bridgehead atoms. The van der Waals surface area contributed by atoms with Crippen LogP contribution in [0, 0.1) is 0 Å². The monoisotopic (exact) mass is 317 g/mol. The molecule has 3 aromatic rings. The lowest BCUT2D eigenvalue weighted by molar-refractivity contribution is -0.146. The highest BCUT2D eigenvalue weighted by Gasteiger charge is 2.09. The number of fused-ring (bicyclic) bond motifs is 1. The van der Waals surface area contributed by atoms with Crippen molar-refractivity contribution in [3.05, 3.63) is 69.8 Å². The van der Waals surface area contributed by atoms with E-state index in [0.29, 0.717) is 0 Å². The summed E-state index contributed by atoms with van der Waals surface area (Å²) in [6.45, 7) is -0.0471. The van der Waals surface area contributed by atoms with Gasteiger partial charge in [0, 0.05) is 0 Å². The van der Waals surface area contributed by atoms with Crippen molar-refractivity contribution in [3.8, 4) is 0 Å². The van der Waals surface area contributed by atoms with Crippen LogP contribution in [-0.2, 0) is 22.7 Å². The quantitative estimate of drug-likeness (QED) is 0.690. The molecule has 0 saturated carbocycles. The Morgan fingerprint density at radius 3 is 2.50 bits per heavy atom. The summed E-state index contributed by atoms with van der Waals surface area (Å²) >= 11 is 1.15. The lowest BCUT2D eigenvalue weighted by Gasteiger charge is -2.06. The van der Waals surface area contributed by atoms with Crippen molar-refractivity contribution in [1.82, 2.24) is 4.57 Å². The lowest BCUT2D eigenvalue weighted by Crippen LogP contribution is -2.18. The molecule has 0 atom stereocenters. The van der Waals surface area contributed by atoms with Crippen LogP contribution >= 0.6 is 11.3 Å². The molecule has 0 amide bonds. The normalized spacial score (nSPS) is 10.2. The van der Waals surface area contributed by atoms with Gasteiger partial charge in [-0.3, -0.25) is 14.2 Å². The van der Waals surface area contributed by atoms with Crippen molar-refractivity contribution in [2.24, 2.45) is 0 Å². The summed E-state index contributed by atoms with van der Waals surface area (Å²) in [5.41, 5.74) is 1.69. The Labute approximate surface area is 130 Å². The molecule has 0 unspecified atom stereocenters. The Morgan fingerprint density at radius 1 is 1.05 bits per heavy atom. The molecule has 0 saturated heterocycles. The van der Waals surface area contributed by atoms with Crippen molar-refractivity contribution in [2.75, 3.05) is 0 Å². The molecule has 1 aromatic heterocycles. The Bertz CT molecular complexity index is 823. The van der Waals surface area contributed by atoms with E-state index in [1.54, 1.807) is 0 Å². The van der Waals surface area contributed by atoms with Crippen molar-refractivity contribution in [3.63, 3.8) is 0 Å². The van der Waals surface area contributed by atoms with Gasteiger partial charge in [-0.1, -0.05) is 53.8 Å². The predicted molar refractivity (Wildman–Crippen MR) is 85.9 cm³/mol. The summed E-state index contributed by atoms with van der Waals surface area (Å²) in [6, 6.07) is 16.8. The second kappa shape index (κ2) is 7.02. The molecule has 6 heteroatoms. The van der Waals surface area contributed by atoms with Gasteiger partial charge >= 0.3 is 10.8 Å². The van der Waals surface area contributed by atoms with Gasteiger partial charge in [0.25, 0.3) is 0 Å². The smallest absolute Gasteiger partial charge is 0.311 e. The van der Waals surface area contributed by atoms with Crippen LogP contribution in [0.1, 0.15) is 5.56 Å². The maximum absolute atomic E-state index is 11.9. The second-order valence-corrected chi connectivity index (χ2v) is 5.56. The summed E-state index contributed by atoms with van der Waals surface area (Å²) in [6.07, 6.45) is 0.206. The van der Waals surface area contributed by atoms with Crippen LogP contribution in [0.4, 0.5) is 0 Å². The van der Waals surface area contributed by atoms with Crippen LogP contribution in [0.2, 0.25) is 0 Å². The van der Waals surface area contributed by atoms with Gasteiger partial charge in [-0.15, -0.1) is 0 Å². The number of hydrogen-bond acceptors (Lipinski definition) is 4. The number of esters is 1. The van der Waals surface area contributed by atoms with E-state index in [-0.39, 0.29) is 29.5 Å². The third-order valence-corrected chi connectivity index (χ3v) is 4.08. The number of ether oxygens (including phenoxy) is 1. The van der Waals surface area contributed by atoms with Crippen LogP contribution in [0.5, 0.6) is 0 Å². The SMILES string of the molecule is O.O=C(Cc1ccccc1)OCn1c(=O)sc2ccccc21. The molecule has 1 heterocycles. The van der Waals surface area contributed by atoms with E-state index < -0.39 is 0 Å². The Balaban J connectivity index is 0.00000176. The van der Waals surface area contributed by atoms with Crippen LogP contribution in [0.25, 0.3) is 10.2 Å². The van der Waals surface area contributed by atoms with Gasteiger partial charge in [0.1, 0.15) is 0 Å². The topological polar surface area (TPSA) is 79.8 Å². The molecule has 22 heavy (non-hydrogen) atoms. The van der Waals surface area contributed by atoms with Crippen molar-refractivity contribution < 1.29 is 15.0 Å². The minimum Gasteiger partial charge on any atom is -0.443 e. The fourth-order valence-corrected chi connectivity index (χ4v) is 2.97. The summed E-state index contributed by atoms with van der Waals surface area (Å²) < 4.78 is 7.58. The van der Waals surface area contributed by atoms with Crippen molar-refractivity contribution in [1.29, 1.82) is 0 Å². The van der Waals surface area contributed by atoms with Crippen molar-refractivity contribution >= 4 is 27.5 Å². The van der Waals surface area contributed by atoms with Gasteiger partial charge in [-0.2, -0.15) is 0 Å². The molecule has 0 aliphatic carbocycles. The van der Waals surface area contributed by atoms with Gasteiger partial charge in [-0.25, -0.2) is 0 Å². The van der Waals surface area contributed by atoms with Gasteiger partial charge in [0.2, 0.25) is 0 Å². The lowest BCUT2D eigenvalue weighted by atomic mass is 10.2. The van der Waals surface area contributed by atoms with Gasteiger partial charge < -0.3 is 10.2 Å². The summed E-state index contributed by atoms with van der Waals surface area (Å²) in [7, 11) is 0. The molecular formula is C16H15NO4S. The predicted octanol–water partition coefficient (Wildman–Crippen LogP) is 1.98. The fourth-order valence-electron chi connectivity index (χ4n) is 2.09. The minimum atomic E-state index is -0.344. The van der Waals surface area contributed by atoms with Gasteiger partial charge in [-0.05, 0) is 17.7 Å². The number of para-hydroxylation sites is 1. The van der Waals surface area contributed by atoms with E-state index in [0.717, 1.165) is 27.1 Å². The molecule has 0 radical (unpaired) electrons. The number of benzene rings is 2. The molecule has 5 nitrogen and oxygen atoms in total. The molecule has 0 aliphatic heterocycles. The third-order valence-electron chi connectivity index (χ3n) is 3.12. The molecule has 0 spiro atoms. The Hall–Kier alpha value is -2.44. The first-order chi connectivity index (χ1) is 10.2. The van der Waals surface area contributed by atoms with E-state index in [9.17, 15) is 9.59 Å². The van der Waals surface area contributed by atoms with Crippen LogP contribution in [-0.4, -0.2) is 16.0 Å². The zero-order valence-electron chi connectivity index (χ0n) is 11.7. The average Bonchev–Trinajstić information content (AvgIpc) is 2.81. The highest BCUT2D eigenvalue weighted by molar-refractivity contribution is 7.16. The summed E-state index contributed by atoms with van der Waals surface area (Å²) in [4.78, 5) is 23.6. The molecule has 114 valence electrons. The van der Waals surface area contributed by atoms with E-state index in [1.165, 1.54) is 4.57 Å². The Kier molecular flexibility index (Phi) is 5.08. The largest absolute Gasteiger partial charge is 0.443 e. The molecule has 0 fully saturated rings. The zero-order valence-corrected chi connectivity index (χ0v) is 12.5. The number of rotatable bonds is 4. The molecule has 3 rings (SSSR count). The molecule has 2 N–H and O–H groups in total. The highest BCUT2D eigenvalue weighted by Crippen LogP contribution is 2.16. The fraction of sp³-hybridized carbons (Fsp3) is 0.125. The van der Waals surface area contributed by atoms with E-state index in [1.807, 2.05) is 54.6 Å². The van der Waals surface area contributed by atoms with Gasteiger partial charge in [0.15, 0.2) is 6.73 Å². The number of thiazole rings is 1. The maximum atomic E-state index is 11.9. The first-order valence-corrected chi connectivity index (χ1v) is 7.33. The van der Waals surface area contributed by atoms with Crippen LogP contribution in [0.3, 0.4) is 0 Å². The first-order valence-electron chi connectivity index (χ1n) is 6.52. The number of hydrogen-bond donors (Lipinski definition) is 0. The van der Waals surface area contributed by atoms with Crippen molar-refractivity contribution in [2.45, 2.75) is 13.2 Å².